The van der Waals surface area contributed by atoms with Crippen LogP contribution in [0.3, 0.4) is 0 Å². The average molecular weight is 337 g/mol. The quantitative estimate of drug-likeness (QED) is 0.864. The molecule has 0 aliphatic heterocycles. The topological polar surface area (TPSA) is 63.6 Å². The van der Waals surface area contributed by atoms with Crippen molar-refractivity contribution in [2.24, 2.45) is 0 Å². The second kappa shape index (κ2) is 6.54. The van der Waals surface area contributed by atoms with Crippen LogP contribution in [0.25, 0.3) is 0 Å². The van der Waals surface area contributed by atoms with Gasteiger partial charge in [0, 0.05) is 4.47 Å². The standard InChI is InChI=1S/C12H17BrO4S/c1-9(2)18(15,16)6-5-17-11-3-4-12(13)10(7-11)8-14/h3-4,7,9,14H,5-6,8H2,1-2H3. The molecular formula is C12H17BrO4S. The van der Waals surface area contributed by atoms with Crippen molar-refractivity contribution in [3.63, 3.8) is 0 Å². The Morgan fingerprint density at radius 1 is 1.39 bits per heavy atom. The Bertz CT molecular complexity index is 497. The minimum absolute atomic E-state index is 0.00477. The average Bonchev–Trinajstić information content (AvgIpc) is 2.31. The van der Waals surface area contributed by atoms with Gasteiger partial charge in [-0.1, -0.05) is 15.9 Å². The minimum atomic E-state index is -3.08. The fraction of sp³-hybridized carbons (Fsp3) is 0.500. The van der Waals surface area contributed by atoms with Crippen LogP contribution >= 0.6 is 15.9 Å². The Hall–Kier alpha value is -0.590. The van der Waals surface area contributed by atoms with Crippen LogP contribution < -0.4 is 4.74 Å². The third-order valence-corrected chi connectivity index (χ3v) is 5.49. The fourth-order valence-corrected chi connectivity index (χ4v) is 2.43. The van der Waals surface area contributed by atoms with Crippen LogP contribution in [-0.2, 0) is 16.4 Å². The highest BCUT2D eigenvalue weighted by atomic mass is 79.9. The summed E-state index contributed by atoms with van der Waals surface area (Å²) < 4.78 is 29.3. The number of benzene rings is 1. The van der Waals surface area contributed by atoms with Gasteiger partial charge in [0.15, 0.2) is 9.84 Å². The predicted octanol–water partition coefficient (Wildman–Crippen LogP) is 2.14. The number of halogens is 1. The minimum Gasteiger partial charge on any atom is -0.493 e. The molecule has 0 aliphatic carbocycles. The first-order chi connectivity index (χ1) is 8.36. The summed E-state index contributed by atoms with van der Waals surface area (Å²) in [6.07, 6.45) is 0. The van der Waals surface area contributed by atoms with Crippen LogP contribution in [0.1, 0.15) is 19.4 Å². The number of sulfone groups is 1. The van der Waals surface area contributed by atoms with Gasteiger partial charge in [-0.05, 0) is 37.6 Å². The summed E-state index contributed by atoms with van der Waals surface area (Å²) in [5.41, 5.74) is 0.708. The van der Waals surface area contributed by atoms with Crippen molar-refractivity contribution in [3.05, 3.63) is 28.2 Å². The molecule has 102 valence electrons. The predicted molar refractivity (Wildman–Crippen MR) is 74.5 cm³/mol. The van der Waals surface area contributed by atoms with Gasteiger partial charge in [-0.2, -0.15) is 0 Å². The number of rotatable bonds is 6. The monoisotopic (exact) mass is 336 g/mol. The van der Waals surface area contributed by atoms with E-state index in [-0.39, 0.29) is 24.2 Å². The number of hydrogen-bond acceptors (Lipinski definition) is 4. The molecule has 1 aromatic carbocycles. The van der Waals surface area contributed by atoms with Crippen molar-refractivity contribution in [1.29, 1.82) is 0 Å². The lowest BCUT2D eigenvalue weighted by molar-refractivity contribution is 0.279. The molecule has 0 aliphatic rings. The molecule has 0 radical (unpaired) electrons. The van der Waals surface area contributed by atoms with Gasteiger partial charge in [-0.3, -0.25) is 0 Å². The van der Waals surface area contributed by atoms with E-state index in [1.54, 1.807) is 32.0 Å². The molecule has 1 rings (SSSR count). The first kappa shape index (κ1) is 15.5. The van der Waals surface area contributed by atoms with Crippen molar-refractivity contribution in [2.75, 3.05) is 12.4 Å². The second-order valence-electron chi connectivity index (χ2n) is 4.18. The van der Waals surface area contributed by atoms with Crippen molar-refractivity contribution < 1.29 is 18.3 Å². The van der Waals surface area contributed by atoms with Gasteiger partial charge in [0.1, 0.15) is 12.4 Å². The molecule has 0 saturated carbocycles. The van der Waals surface area contributed by atoms with Crippen LogP contribution in [0.5, 0.6) is 5.75 Å². The SMILES string of the molecule is CC(C)S(=O)(=O)CCOc1ccc(Br)c(CO)c1. The Kier molecular flexibility index (Phi) is 5.62. The molecule has 0 bridgehead atoms. The molecule has 0 atom stereocenters. The molecule has 1 N–H and O–H groups in total. The zero-order valence-electron chi connectivity index (χ0n) is 10.4. The van der Waals surface area contributed by atoms with E-state index in [0.717, 1.165) is 4.47 Å². The number of ether oxygens (including phenoxy) is 1. The lowest BCUT2D eigenvalue weighted by Gasteiger charge is -2.10. The summed E-state index contributed by atoms with van der Waals surface area (Å²) in [6.45, 7) is 3.33. The highest BCUT2D eigenvalue weighted by Crippen LogP contribution is 2.22. The summed E-state index contributed by atoms with van der Waals surface area (Å²) in [5, 5.41) is 8.70. The zero-order valence-corrected chi connectivity index (χ0v) is 12.8. The number of hydrogen-bond donors (Lipinski definition) is 1. The van der Waals surface area contributed by atoms with Crippen LogP contribution in [0.2, 0.25) is 0 Å². The lowest BCUT2D eigenvalue weighted by Crippen LogP contribution is -2.22. The summed E-state index contributed by atoms with van der Waals surface area (Å²) in [7, 11) is -3.08. The Balaban J connectivity index is 2.60. The number of aliphatic hydroxyl groups is 1. The number of aliphatic hydroxyl groups excluding tert-OH is 1. The summed E-state index contributed by atoms with van der Waals surface area (Å²) in [6, 6.07) is 5.18. The molecule has 4 nitrogen and oxygen atoms in total. The summed E-state index contributed by atoms with van der Waals surface area (Å²) >= 11 is 3.30. The Labute approximate surface area is 116 Å². The molecule has 0 amide bonds. The molecule has 0 unspecified atom stereocenters. The van der Waals surface area contributed by atoms with Gasteiger partial charge < -0.3 is 9.84 Å². The molecule has 18 heavy (non-hydrogen) atoms. The molecular weight excluding hydrogens is 320 g/mol. The van der Waals surface area contributed by atoms with E-state index < -0.39 is 9.84 Å². The molecule has 0 heterocycles. The van der Waals surface area contributed by atoms with Crippen LogP contribution in [-0.4, -0.2) is 31.1 Å². The van der Waals surface area contributed by atoms with E-state index in [9.17, 15) is 8.42 Å². The van der Waals surface area contributed by atoms with Crippen molar-refractivity contribution in [1.82, 2.24) is 0 Å². The van der Waals surface area contributed by atoms with Gasteiger partial charge in [-0.25, -0.2) is 8.42 Å². The van der Waals surface area contributed by atoms with E-state index in [2.05, 4.69) is 15.9 Å². The normalized spacial score (nSPS) is 11.8. The highest BCUT2D eigenvalue weighted by Gasteiger charge is 2.15. The first-order valence-corrected chi connectivity index (χ1v) is 8.11. The maximum atomic E-state index is 11.6. The van der Waals surface area contributed by atoms with E-state index in [0.29, 0.717) is 11.3 Å². The largest absolute Gasteiger partial charge is 0.493 e. The maximum absolute atomic E-state index is 11.6. The summed E-state index contributed by atoms with van der Waals surface area (Å²) in [4.78, 5) is 0. The smallest absolute Gasteiger partial charge is 0.155 e. The first-order valence-electron chi connectivity index (χ1n) is 5.60. The van der Waals surface area contributed by atoms with Crippen molar-refractivity contribution >= 4 is 25.8 Å². The van der Waals surface area contributed by atoms with E-state index in [1.165, 1.54) is 0 Å². The highest BCUT2D eigenvalue weighted by molar-refractivity contribution is 9.10. The molecule has 1 aromatic rings. The Morgan fingerprint density at radius 3 is 2.61 bits per heavy atom. The Morgan fingerprint density at radius 2 is 2.06 bits per heavy atom. The third-order valence-electron chi connectivity index (χ3n) is 2.54. The van der Waals surface area contributed by atoms with Gasteiger partial charge in [-0.15, -0.1) is 0 Å². The van der Waals surface area contributed by atoms with E-state index in [1.807, 2.05) is 0 Å². The van der Waals surface area contributed by atoms with E-state index in [4.69, 9.17) is 9.84 Å². The molecule has 0 spiro atoms. The van der Waals surface area contributed by atoms with Crippen LogP contribution in [0.15, 0.2) is 22.7 Å². The molecule has 0 aromatic heterocycles. The third kappa shape index (κ3) is 4.26. The van der Waals surface area contributed by atoms with Crippen LogP contribution in [0, 0.1) is 0 Å². The fourth-order valence-electron chi connectivity index (χ4n) is 1.27. The second-order valence-corrected chi connectivity index (χ2v) is 7.71. The van der Waals surface area contributed by atoms with Gasteiger partial charge in [0.05, 0.1) is 17.6 Å². The van der Waals surface area contributed by atoms with Crippen molar-refractivity contribution in [3.8, 4) is 5.75 Å². The lowest BCUT2D eigenvalue weighted by atomic mass is 10.2. The molecule has 6 heteroatoms. The molecule has 0 fully saturated rings. The molecule has 0 saturated heterocycles. The maximum Gasteiger partial charge on any atom is 0.155 e. The van der Waals surface area contributed by atoms with Gasteiger partial charge >= 0.3 is 0 Å². The van der Waals surface area contributed by atoms with Crippen LogP contribution in [0.4, 0.5) is 0 Å². The van der Waals surface area contributed by atoms with Gasteiger partial charge in [0.2, 0.25) is 0 Å². The van der Waals surface area contributed by atoms with Gasteiger partial charge in [0.25, 0.3) is 0 Å². The summed E-state index contributed by atoms with van der Waals surface area (Å²) in [5.74, 6) is 0.552. The van der Waals surface area contributed by atoms with E-state index >= 15 is 0 Å². The van der Waals surface area contributed by atoms with Crippen molar-refractivity contribution in [2.45, 2.75) is 25.7 Å². The zero-order chi connectivity index (χ0) is 13.8.